The number of rotatable bonds is 5. The molecule has 0 bridgehead atoms. The first-order valence-corrected chi connectivity index (χ1v) is 20.2. The molecule has 0 fully saturated rings. The Morgan fingerprint density at radius 3 is 1.53 bits per heavy atom. The Bertz CT molecular complexity index is 3330. The molecule has 0 atom stereocenters. The van der Waals surface area contributed by atoms with Gasteiger partial charge in [0.1, 0.15) is 0 Å². The lowest BCUT2D eigenvalue weighted by Crippen LogP contribution is -2.28. The Labute approximate surface area is 337 Å². The predicted molar refractivity (Wildman–Crippen MR) is 244 cm³/mol. The third kappa shape index (κ3) is 4.77. The highest BCUT2D eigenvalue weighted by atomic mass is 15.0. The van der Waals surface area contributed by atoms with E-state index in [1.165, 1.54) is 105 Å². The van der Waals surface area contributed by atoms with Crippen molar-refractivity contribution in [2.24, 2.45) is 0 Å². The summed E-state index contributed by atoms with van der Waals surface area (Å²) in [5, 5.41) is 7.54. The molecule has 1 heteroatoms. The van der Waals surface area contributed by atoms with Gasteiger partial charge in [-0.15, -0.1) is 0 Å². The summed E-state index contributed by atoms with van der Waals surface area (Å²) in [6, 6.07) is 83.1. The van der Waals surface area contributed by atoms with Crippen LogP contribution in [0.25, 0.3) is 82.4 Å². The smallest absolute Gasteiger partial charge is 0.0719 e. The van der Waals surface area contributed by atoms with Gasteiger partial charge in [-0.3, -0.25) is 0 Å². The average Bonchev–Trinajstić information content (AvgIpc) is 3.80. The Morgan fingerprint density at radius 1 is 0.310 bits per heavy atom. The summed E-state index contributed by atoms with van der Waals surface area (Å²) < 4.78 is 2.39. The van der Waals surface area contributed by atoms with Gasteiger partial charge in [0.2, 0.25) is 0 Å². The Kier molecular flexibility index (Phi) is 7.21. The molecule has 0 amide bonds. The van der Waals surface area contributed by atoms with Gasteiger partial charge in [-0.1, -0.05) is 182 Å². The Hall–Kier alpha value is -7.48. The van der Waals surface area contributed by atoms with Crippen LogP contribution < -0.4 is 0 Å². The molecule has 0 radical (unpaired) electrons. The van der Waals surface area contributed by atoms with Crippen molar-refractivity contribution in [2.45, 2.75) is 5.41 Å². The van der Waals surface area contributed by atoms with E-state index < -0.39 is 5.41 Å². The molecule has 270 valence electrons. The fourth-order valence-electron chi connectivity index (χ4n) is 10.1. The molecule has 1 aromatic heterocycles. The van der Waals surface area contributed by atoms with Gasteiger partial charge in [-0.25, -0.2) is 0 Å². The summed E-state index contributed by atoms with van der Waals surface area (Å²) in [5.74, 6) is 0. The predicted octanol–water partition coefficient (Wildman–Crippen LogP) is 14.8. The fourth-order valence-corrected chi connectivity index (χ4v) is 10.1. The third-order valence-electron chi connectivity index (χ3n) is 12.6. The summed E-state index contributed by atoms with van der Waals surface area (Å²) in [6.45, 7) is 0. The first-order chi connectivity index (χ1) is 28.8. The van der Waals surface area contributed by atoms with E-state index in [1.807, 2.05) is 0 Å². The maximum Gasteiger partial charge on any atom is 0.0719 e. The number of para-hydroxylation sites is 2. The largest absolute Gasteiger partial charge is 0.309 e. The van der Waals surface area contributed by atoms with E-state index in [0.29, 0.717) is 0 Å². The number of hydrogen-bond acceptors (Lipinski definition) is 0. The summed E-state index contributed by atoms with van der Waals surface area (Å²) >= 11 is 0. The van der Waals surface area contributed by atoms with E-state index in [2.05, 4.69) is 229 Å². The minimum atomic E-state index is -0.454. The van der Waals surface area contributed by atoms with Gasteiger partial charge in [-0.2, -0.15) is 0 Å². The van der Waals surface area contributed by atoms with Crippen molar-refractivity contribution in [1.82, 2.24) is 4.57 Å². The highest BCUT2D eigenvalue weighted by molar-refractivity contribution is 6.10. The van der Waals surface area contributed by atoms with Crippen molar-refractivity contribution in [1.29, 1.82) is 0 Å². The van der Waals surface area contributed by atoms with Gasteiger partial charge in [0.05, 0.1) is 16.4 Å². The van der Waals surface area contributed by atoms with E-state index in [1.54, 1.807) is 0 Å². The maximum atomic E-state index is 2.44. The van der Waals surface area contributed by atoms with Crippen molar-refractivity contribution in [2.75, 3.05) is 0 Å². The first-order valence-electron chi connectivity index (χ1n) is 20.2. The zero-order valence-electron chi connectivity index (χ0n) is 31.8. The standard InChI is InChI=1S/C57H37N/c1-4-14-45(15-5-1)57(46-16-6-2-7-17-46)53-22-12-10-20-48(53)51-33-30-38-24-25-43(36-52(38)56(51)57)41-28-26-40-35-42(29-27-39(40)34-41)44-31-32-50-49-21-11-13-23-54(49)58(55(50)37-44)47-18-8-3-9-19-47/h1-37H. The molecule has 0 spiro atoms. The number of aromatic nitrogens is 1. The molecular weight excluding hydrogens is 699 g/mol. The van der Waals surface area contributed by atoms with Crippen molar-refractivity contribution in [3.8, 4) is 39.1 Å². The fraction of sp³-hybridized carbons (Fsp3) is 0.0175. The molecule has 12 rings (SSSR count). The van der Waals surface area contributed by atoms with E-state index in [0.717, 1.165) is 0 Å². The number of fused-ring (bicyclic) bond motifs is 9. The van der Waals surface area contributed by atoms with Crippen molar-refractivity contribution in [3.63, 3.8) is 0 Å². The zero-order chi connectivity index (χ0) is 38.2. The molecule has 1 aliphatic rings. The molecule has 10 aromatic carbocycles. The van der Waals surface area contributed by atoms with E-state index in [-0.39, 0.29) is 0 Å². The molecule has 1 nitrogen and oxygen atoms in total. The summed E-state index contributed by atoms with van der Waals surface area (Å²) in [4.78, 5) is 0. The molecule has 11 aromatic rings. The lowest BCUT2D eigenvalue weighted by molar-refractivity contribution is 0.775. The normalized spacial score (nSPS) is 13.0. The van der Waals surface area contributed by atoms with Crippen LogP contribution in [0.1, 0.15) is 22.3 Å². The monoisotopic (exact) mass is 735 g/mol. The number of nitrogens with zero attached hydrogens (tertiary/aromatic N) is 1. The second-order valence-corrected chi connectivity index (χ2v) is 15.6. The van der Waals surface area contributed by atoms with Gasteiger partial charge >= 0.3 is 0 Å². The SMILES string of the molecule is c1ccc(-n2c3ccccc3c3ccc(-c4ccc5cc(-c6ccc7ccc8c(c7c6)C(c6ccccc6)(c6ccccc6)c6ccccc6-8)ccc5c4)cc32)cc1. The van der Waals surface area contributed by atoms with E-state index in [9.17, 15) is 0 Å². The van der Waals surface area contributed by atoms with Crippen LogP contribution in [0.15, 0.2) is 224 Å². The van der Waals surface area contributed by atoms with Gasteiger partial charge < -0.3 is 4.57 Å². The number of hydrogen-bond donors (Lipinski definition) is 0. The van der Waals surface area contributed by atoms with Crippen LogP contribution in [0.4, 0.5) is 0 Å². The maximum absolute atomic E-state index is 2.44. The van der Waals surface area contributed by atoms with Gasteiger partial charge in [-0.05, 0) is 120 Å². The molecule has 0 N–H and O–H groups in total. The van der Waals surface area contributed by atoms with Crippen LogP contribution >= 0.6 is 0 Å². The highest BCUT2D eigenvalue weighted by Crippen LogP contribution is 2.58. The lowest BCUT2D eigenvalue weighted by Gasteiger charge is -2.34. The van der Waals surface area contributed by atoms with Crippen molar-refractivity contribution in [3.05, 3.63) is 247 Å². The minimum Gasteiger partial charge on any atom is -0.309 e. The molecule has 0 saturated heterocycles. The average molecular weight is 736 g/mol. The summed E-state index contributed by atoms with van der Waals surface area (Å²) in [6.07, 6.45) is 0. The van der Waals surface area contributed by atoms with Crippen LogP contribution in [-0.2, 0) is 5.41 Å². The van der Waals surface area contributed by atoms with Gasteiger partial charge in [0, 0.05) is 16.5 Å². The molecule has 58 heavy (non-hydrogen) atoms. The molecule has 1 heterocycles. The molecule has 0 saturated carbocycles. The van der Waals surface area contributed by atoms with Gasteiger partial charge in [0.25, 0.3) is 0 Å². The van der Waals surface area contributed by atoms with Gasteiger partial charge in [0.15, 0.2) is 0 Å². The zero-order valence-corrected chi connectivity index (χ0v) is 31.8. The molecular formula is C57H37N. The third-order valence-corrected chi connectivity index (χ3v) is 12.6. The van der Waals surface area contributed by atoms with Crippen LogP contribution in [0.3, 0.4) is 0 Å². The number of benzene rings is 10. The minimum absolute atomic E-state index is 0.454. The Morgan fingerprint density at radius 2 is 0.828 bits per heavy atom. The highest BCUT2D eigenvalue weighted by Gasteiger charge is 2.47. The molecule has 1 aliphatic carbocycles. The molecule has 0 unspecified atom stereocenters. The lowest BCUT2D eigenvalue weighted by atomic mass is 9.66. The summed E-state index contributed by atoms with van der Waals surface area (Å²) in [7, 11) is 0. The van der Waals surface area contributed by atoms with Crippen LogP contribution in [-0.4, -0.2) is 4.57 Å². The van der Waals surface area contributed by atoms with E-state index in [4.69, 9.17) is 0 Å². The summed E-state index contributed by atoms with van der Waals surface area (Å²) in [5.41, 5.74) is 15.9. The van der Waals surface area contributed by atoms with Crippen LogP contribution in [0.5, 0.6) is 0 Å². The molecule has 0 aliphatic heterocycles. The Balaban J connectivity index is 0.992. The van der Waals surface area contributed by atoms with Crippen molar-refractivity contribution < 1.29 is 0 Å². The quantitative estimate of drug-likeness (QED) is 0.166. The van der Waals surface area contributed by atoms with Crippen LogP contribution in [0, 0.1) is 0 Å². The van der Waals surface area contributed by atoms with E-state index >= 15 is 0 Å². The van der Waals surface area contributed by atoms with Crippen LogP contribution in [0.2, 0.25) is 0 Å². The first kappa shape index (κ1) is 32.7. The second-order valence-electron chi connectivity index (χ2n) is 15.6. The second kappa shape index (κ2) is 12.8. The topological polar surface area (TPSA) is 4.93 Å². The van der Waals surface area contributed by atoms with Crippen molar-refractivity contribution >= 4 is 43.4 Å².